The molecule has 0 bridgehead atoms. The average Bonchev–Trinajstić information content (AvgIpc) is 2.63. The van der Waals surface area contributed by atoms with Crippen molar-refractivity contribution in [2.75, 3.05) is 13.2 Å². The summed E-state index contributed by atoms with van der Waals surface area (Å²) in [6.45, 7) is 3.40. The highest BCUT2D eigenvalue weighted by Crippen LogP contribution is 2.05. The fraction of sp³-hybridized carbons (Fsp3) is 0.714. The van der Waals surface area contributed by atoms with E-state index in [1.165, 1.54) is 4.68 Å². The molecular weight excluding hydrogens is 192 g/mol. The Balaban J connectivity index is 2.08. The van der Waals surface area contributed by atoms with Crippen molar-refractivity contribution in [3.8, 4) is 0 Å². The van der Waals surface area contributed by atoms with Crippen molar-refractivity contribution < 1.29 is 9.47 Å². The van der Waals surface area contributed by atoms with Gasteiger partial charge < -0.3 is 9.47 Å². The Morgan fingerprint density at radius 1 is 1.62 bits per heavy atom. The maximum atomic E-state index is 11.2. The topological polar surface area (TPSA) is 53.4 Å². The van der Waals surface area contributed by atoms with Crippen LogP contribution in [0, 0.1) is 6.92 Å². The Hall–Kier alpha value is -0.720. The van der Waals surface area contributed by atoms with E-state index >= 15 is 0 Å². The molecule has 0 amide bonds. The first-order valence-electron chi connectivity index (χ1n) is 4.03. The monoisotopic (exact) mass is 202 g/mol. The molecule has 1 aliphatic heterocycles. The molecule has 1 fully saturated rings. The molecule has 1 aliphatic rings. The minimum atomic E-state index is -0.306. The smallest absolute Gasteiger partial charge is 0.325 e. The largest absolute Gasteiger partial charge is 0.348 e. The van der Waals surface area contributed by atoms with Gasteiger partial charge in [-0.2, -0.15) is 5.10 Å². The average molecular weight is 202 g/mol. The lowest BCUT2D eigenvalue weighted by atomic mass is 10.6. The second-order valence-corrected chi connectivity index (χ2v) is 3.88. The first-order chi connectivity index (χ1) is 6.25. The molecule has 0 aliphatic carbocycles. The summed E-state index contributed by atoms with van der Waals surface area (Å²) in [5.74, 6) is 0. The van der Waals surface area contributed by atoms with E-state index in [9.17, 15) is 4.79 Å². The zero-order valence-corrected chi connectivity index (χ0v) is 8.04. The number of ether oxygens (including phenoxy) is 2. The van der Waals surface area contributed by atoms with E-state index in [-0.39, 0.29) is 11.2 Å². The molecule has 1 saturated heterocycles. The quantitative estimate of drug-likeness (QED) is 0.676. The van der Waals surface area contributed by atoms with Crippen molar-refractivity contribution in [1.29, 1.82) is 0 Å². The van der Waals surface area contributed by atoms with Crippen LogP contribution in [0.15, 0.2) is 4.79 Å². The summed E-state index contributed by atoms with van der Waals surface area (Å²) in [6.07, 6.45) is -0.306. The summed E-state index contributed by atoms with van der Waals surface area (Å²) in [5.41, 5.74) is 0. The van der Waals surface area contributed by atoms with E-state index in [0.717, 1.165) is 16.3 Å². The number of hydrogen-bond acceptors (Lipinski definition) is 5. The third-order valence-electron chi connectivity index (χ3n) is 1.72. The molecule has 6 heteroatoms. The van der Waals surface area contributed by atoms with Gasteiger partial charge in [0.25, 0.3) is 0 Å². The number of aryl methyl sites for hydroxylation is 1. The summed E-state index contributed by atoms with van der Waals surface area (Å²) in [4.78, 5) is 11.2. The fourth-order valence-corrected chi connectivity index (χ4v) is 1.79. The molecular formula is C7H10N2O3S. The van der Waals surface area contributed by atoms with Gasteiger partial charge in [-0.05, 0) is 6.92 Å². The number of aromatic nitrogens is 2. The summed E-state index contributed by atoms with van der Waals surface area (Å²) in [5, 5.41) is 4.80. The summed E-state index contributed by atoms with van der Waals surface area (Å²) >= 11 is 1.14. The lowest BCUT2D eigenvalue weighted by Gasteiger charge is -2.06. The van der Waals surface area contributed by atoms with E-state index in [0.29, 0.717) is 19.8 Å². The number of hydrogen-bond donors (Lipinski definition) is 0. The Morgan fingerprint density at radius 3 is 2.85 bits per heavy atom. The number of rotatable bonds is 2. The molecule has 0 spiro atoms. The number of nitrogens with zero attached hydrogens (tertiary/aromatic N) is 2. The van der Waals surface area contributed by atoms with Gasteiger partial charge in [0.2, 0.25) is 0 Å². The second kappa shape index (κ2) is 3.57. The molecule has 0 aromatic carbocycles. The van der Waals surface area contributed by atoms with Gasteiger partial charge in [0, 0.05) is 0 Å². The second-order valence-electron chi connectivity index (χ2n) is 2.74. The fourth-order valence-electron chi connectivity index (χ4n) is 1.18. The van der Waals surface area contributed by atoms with Crippen LogP contribution in [0.2, 0.25) is 0 Å². The maximum absolute atomic E-state index is 11.2. The minimum absolute atomic E-state index is 0.0587. The van der Waals surface area contributed by atoms with Gasteiger partial charge in [-0.15, -0.1) is 0 Å². The molecule has 1 aromatic heterocycles. The van der Waals surface area contributed by atoms with Crippen molar-refractivity contribution >= 4 is 11.3 Å². The highest BCUT2D eigenvalue weighted by molar-refractivity contribution is 7.08. The molecule has 5 nitrogen and oxygen atoms in total. The van der Waals surface area contributed by atoms with E-state index in [4.69, 9.17) is 9.47 Å². The van der Waals surface area contributed by atoms with Crippen LogP contribution < -0.4 is 4.87 Å². The normalized spacial score (nSPS) is 18.2. The Labute approximate surface area is 78.9 Å². The van der Waals surface area contributed by atoms with Gasteiger partial charge in [0.15, 0.2) is 6.29 Å². The van der Waals surface area contributed by atoms with Crippen LogP contribution in [0.4, 0.5) is 0 Å². The molecule has 0 N–H and O–H groups in total. The third kappa shape index (κ3) is 1.96. The zero-order valence-electron chi connectivity index (χ0n) is 7.23. The summed E-state index contributed by atoms with van der Waals surface area (Å²) in [7, 11) is 0. The molecule has 1 aromatic rings. The highest BCUT2D eigenvalue weighted by atomic mass is 32.1. The van der Waals surface area contributed by atoms with Crippen molar-refractivity contribution in [1.82, 2.24) is 9.78 Å². The van der Waals surface area contributed by atoms with E-state index in [1.54, 1.807) is 6.92 Å². The Morgan fingerprint density at radius 2 is 2.31 bits per heavy atom. The van der Waals surface area contributed by atoms with Gasteiger partial charge in [0.05, 0.1) is 19.8 Å². The molecule has 0 radical (unpaired) electrons. The molecule has 0 unspecified atom stereocenters. The molecule has 72 valence electrons. The highest BCUT2D eigenvalue weighted by Gasteiger charge is 2.18. The summed E-state index contributed by atoms with van der Waals surface area (Å²) < 4.78 is 11.8. The molecule has 0 saturated carbocycles. The predicted molar refractivity (Wildman–Crippen MR) is 46.8 cm³/mol. The van der Waals surface area contributed by atoms with Crippen LogP contribution in [0.25, 0.3) is 0 Å². The molecule has 2 rings (SSSR count). The van der Waals surface area contributed by atoms with Crippen molar-refractivity contribution in [3.05, 3.63) is 14.7 Å². The first-order valence-corrected chi connectivity index (χ1v) is 4.85. The van der Waals surface area contributed by atoms with Crippen LogP contribution in [0.1, 0.15) is 5.01 Å². The minimum Gasteiger partial charge on any atom is -0.348 e. The van der Waals surface area contributed by atoms with Crippen LogP contribution in [0.5, 0.6) is 0 Å². The Bertz CT molecular complexity index is 340. The van der Waals surface area contributed by atoms with Gasteiger partial charge in [-0.3, -0.25) is 4.79 Å². The lowest BCUT2D eigenvalue weighted by molar-refractivity contribution is -0.0550. The lowest BCUT2D eigenvalue weighted by Crippen LogP contribution is -2.24. The standard InChI is InChI=1S/C7H10N2O3S/c1-5-8-9(7(10)13-5)4-6-11-2-3-12-6/h6H,2-4H2,1H3. The van der Waals surface area contributed by atoms with Crippen LogP contribution in [0.3, 0.4) is 0 Å². The van der Waals surface area contributed by atoms with Crippen LogP contribution in [-0.2, 0) is 16.0 Å². The van der Waals surface area contributed by atoms with Crippen LogP contribution in [-0.4, -0.2) is 29.3 Å². The van der Waals surface area contributed by atoms with Crippen molar-refractivity contribution in [2.24, 2.45) is 0 Å². The van der Waals surface area contributed by atoms with Crippen molar-refractivity contribution in [2.45, 2.75) is 19.8 Å². The first kappa shape index (κ1) is 8.86. The van der Waals surface area contributed by atoms with Crippen molar-refractivity contribution in [3.63, 3.8) is 0 Å². The van der Waals surface area contributed by atoms with Crippen LogP contribution >= 0.6 is 11.3 Å². The third-order valence-corrected chi connectivity index (χ3v) is 2.48. The SMILES string of the molecule is Cc1nn(CC2OCCO2)c(=O)s1. The predicted octanol–water partition coefficient (Wildman–Crippen LogP) is -0.0139. The van der Waals surface area contributed by atoms with Gasteiger partial charge in [-0.25, -0.2) is 4.68 Å². The zero-order chi connectivity index (χ0) is 9.26. The van der Waals surface area contributed by atoms with E-state index in [1.807, 2.05) is 0 Å². The summed E-state index contributed by atoms with van der Waals surface area (Å²) in [6, 6.07) is 0. The van der Waals surface area contributed by atoms with Gasteiger partial charge >= 0.3 is 4.87 Å². The van der Waals surface area contributed by atoms with Gasteiger partial charge in [0.1, 0.15) is 5.01 Å². The van der Waals surface area contributed by atoms with E-state index < -0.39 is 0 Å². The Kier molecular flexibility index (Phi) is 2.43. The van der Waals surface area contributed by atoms with Gasteiger partial charge in [-0.1, -0.05) is 11.3 Å². The van der Waals surface area contributed by atoms with E-state index in [2.05, 4.69) is 5.10 Å². The molecule has 0 atom stereocenters. The molecule has 13 heavy (non-hydrogen) atoms. The maximum Gasteiger partial charge on any atom is 0.325 e. The molecule has 2 heterocycles.